The van der Waals surface area contributed by atoms with Crippen molar-refractivity contribution < 1.29 is 9.20 Å². The molecule has 0 saturated heterocycles. The van der Waals surface area contributed by atoms with E-state index in [0.717, 1.165) is 10.6 Å². The molecule has 0 aliphatic rings. The van der Waals surface area contributed by atoms with Gasteiger partial charge >= 0.3 is 5.91 Å². The van der Waals surface area contributed by atoms with Crippen molar-refractivity contribution in [3.63, 3.8) is 0 Å². The van der Waals surface area contributed by atoms with Crippen LogP contribution in [0.4, 0.5) is 5.82 Å². The number of rotatable bonds is 1. The number of amides is 1. The Balaban J connectivity index is 2.31. The van der Waals surface area contributed by atoms with Crippen LogP contribution in [-0.2, 0) is 4.79 Å². The molecule has 0 aliphatic carbocycles. The summed E-state index contributed by atoms with van der Waals surface area (Å²) in [5.41, 5.74) is 0. The van der Waals surface area contributed by atoms with Crippen LogP contribution in [0.2, 0.25) is 0 Å². The van der Waals surface area contributed by atoms with E-state index >= 15 is 0 Å². The number of nitrogens with one attached hydrogen (secondary N) is 1. The number of aromatic nitrogens is 1. The number of benzene rings is 1. The van der Waals surface area contributed by atoms with Gasteiger partial charge in [-0.2, -0.15) is 4.40 Å². The van der Waals surface area contributed by atoms with Crippen molar-refractivity contribution in [2.75, 3.05) is 5.32 Å². The minimum absolute atomic E-state index is 0.0506. The molecule has 2 heterocycles. The maximum Gasteiger partial charge on any atom is 0.304 e. The van der Waals surface area contributed by atoms with Crippen molar-refractivity contribution in [1.29, 1.82) is 0 Å². The summed E-state index contributed by atoms with van der Waals surface area (Å²) in [6, 6.07) is 10.3. The monoisotopic (exact) mass is 243 g/mol. The lowest BCUT2D eigenvalue weighted by molar-refractivity contribution is -0.490. The van der Waals surface area contributed by atoms with Gasteiger partial charge in [0.15, 0.2) is 4.83 Å². The number of nitrogens with zero attached hydrogens (tertiary/aromatic N) is 1. The van der Waals surface area contributed by atoms with Gasteiger partial charge in [-0.1, -0.05) is 29.5 Å². The molecule has 2 aromatic heterocycles. The SMILES string of the molecule is CC(=O)Nc1csc2c3ccccc3cc[n+]12. The van der Waals surface area contributed by atoms with Crippen molar-refractivity contribution in [2.24, 2.45) is 0 Å². The zero-order valence-electron chi connectivity index (χ0n) is 9.31. The number of fused-ring (bicyclic) bond motifs is 3. The maximum absolute atomic E-state index is 11.1. The fraction of sp³-hybridized carbons (Fsp3) is 0.0769. The lowest BCUT2D eigenvalue weighted by Crippen LogP contribution is -2.25. The lowest BCUT2D eigenvalue weighted by atomic mass is 10.2. The van der Waals surface area contributed by atoms with E-state index in [-0.39, 0.29) is 5.91 Å². The molecule has 3 aromatic rings. The van der Waals surface area contributed by atoms with E-state index in [1.165, 1.54) is 17.7 Å². The van der Waals surface area contributed by atoms with E-state index in [4.69, 9.17) is 0 Å². The molecule has 17 heavy (non-hydrogen) atoms. The van der Waals surface area contributed by atoms with Gasteiger partial charge in [-0.15, -0.1) is 0 Å². The molecule has 0 fully saturated rings. The van der Waals surface area contributed by atoms with E-state index in [0.29, 0.717) is 0 Å². The molecule has 0 atom stereocenters. The normalized spacial score (nSPS) is 10.9. The maximum atomic E-state index is 11.1. The quantitative estimate of drug-likeness (QED) is 0.655. The summed E-state index contributed by atoms with van der Waals surface area (Å²) >= 11 is 1.63. The predicted octanol–water partition coefficient (Wildman–Crippen LogP) is 2.60. The molecule has 1 aromatic carbocycles. The van der Waals surface area contributed by atoms with Crippen molar-refractivity contribution in [3.8, 4) is 0 Å². The third kappa shape index (κ3) is 1.66. The van der Waals surface area contributed by atoms with Crippen LogP contribution in [0.5, 0.6) is 0 Å². The van der Waals surface area contributed by atoms with Gasteiger partial charge in [-0.05, 0) is 17.5 Å². The number of hydrogen-bond acceptors (Lipinski definition) is 2. The van der Waals surface area contributed by atoms with Crippen molar-refractivity contribution in [1.82, 2.24) is 0 Å². The highest BCUT2D eigenvalue weighted by Crippen LogP contribution is 2.22. The second-order valence-electron chi connectivity index (χ2n) is 3.88. The van der Waals surface area contributed by atoms with Gasteiger partial charge in [-0.25, -0.2) is 10.1 Å². The van der Waals surface area contributed by atoms with Gasteiger partial charge in [0.1, 0.15) is 0 Å². The van der Waals surface area contributed by atoms with Crippen LogP contribution in [0, 0.1) is 0 Å². The van der Waals surface area contributed by atoms with E-state index in [9.17, 15) is 4.79 Å². The summed E-state index contributed by atoms with van der Waals surface area (Å²) in [6.07, 6.45) is 1.99. The first-order valence-electron chi connectivity index (χ1n) is 5.34. The summed E-state index contributed by atoms with van der Waals surface area (Å²) in [5, 5.41) is 7.21. The number of carbonyl (C=O) groups is 1. The highest BCUT2D eigenvalue weighted by Gasteiger charge is 2.14. The molecule has 0 aliphatic heterocycles. The lowest BCUT2D eigenvalue weighted by Gasteiger charge is -1.97. The van der Waals surface area contributed by atoms with Crippen LogP contribution >= 0.6 is 11.3 Å². The Hall–Kier alpha value is -1.94. The minimum Gasteiger partial charge on any atom is -0.247 e. The van der Waals surface area contributed by atoms with Crippen molar-refractivity contribution in [3.05, 3.63) is 41.9 Å². The third-order valence-corrected chi connectivity index (χ3v) is 3.64. The highest BCUT2D eigenvalue weighted by molar-refractivity contribution is 7.16. The minimum atomic E-state index is -0.0506. The van der Waals surface area contributed by atoms with Gasteiger partial charge in [-0.3, -0.25) is 0 Å². The van der Waals surface area contributed by atoms with Gasteiger partial charge < -0.3 is 0 Å². The number of hydrogen-bond donors (Lipinski definition) is 1. The number of carbonyl (C=O) groups excluding carboxylic acids is 1. The molecule has 3 rings (SSSR count). The first-order chi connectivity index (χ1) is 8.25. The Morgan fingerprint density at radius 1 is 1.29 bits per heavy atom. The first-order valence-corrected chi connectivity index (χ1v) is 6.22. The molecule has 3 nitrogen and oxygen atoms in total. The van der Waals surface area contributed by atoms with E-state index in [1.807, 2.05) is 28.1 Å². The summed E-state index contributed by atoms with van der Waals surface area (Å²) in [7, 11) is 0. The van der Waals surface area contributed by atoms with Gasteiger partial charge in [0, 0.05) is 12.3 Å². The number of anilines is 1. The van der Waals surface area contributed by atoms with Gasteiger partial charge in [0.25, 0.3) is 5.82 Å². The van der Waals surface area contributed by atoms with Crippen LogP contribution in [0.15, 0.2) is 41.9 Å². The third-order valence-electron chi connectivity index (χ3n) is 2.66. The van der Waals surface area contributed by atoms with Crippen LogP contribution in [0.25, 0.3) is 15.6 Å². The van der Waals surface area contributed by atoms with E-state index in [1.54, 1.807) is 11.3 Å². The molecular formula is C13H11N2OS+. The Morgan fingerprint density at radius 2 is 2.12 bits per heavy atom. The second-order valence-corrected chi connectivity index (χ2v) is 4.74. The molecule has 0 spiro atoms. The van der Waals surface area contributed by atoms with E-state index in [2.05, 4.69) is 23.5 Å². The van der Waals surface area contributed by atoms with E-state index < -0.39 is 0 Å². The van der Waals surface area contributed by atoms with Gasteiger partial charge in [0.2, 0.25) is 0 Å². The largest absolute Gasteiger partial charge is 0.304 e. The average Bonchev–Trinajstić information content (AvgIpc) is 2.72. The second kappa shape index (κ2) is 3.82. The molecule has 0 radical (unpaired) electrons. The molecule has 0 bridgehead atoms. The Bertz CT molecular complexity index is 718. The van der Waals surface area contributed by atoms with Crippen molar-refractivity contribution in [2.45, 2.75) is 6.92 Å². The summed E-state index contributed by atoms with van der Waals surface area (Å²) < 4.78 is 2.01. The molecule has 0 unspecified atom stereocenters. The summed E-state index contributed by atoms with van der Waals surface area (Å²) in [4.78, 5) is 12.2. The smallest absolute Gasteiger partial charge is 0.247 e. The number of thiazole rings is 1. The first kappa shape index (κ1) is 10.2. The highest BCUT2D eigenvalue weighted by atomic mass is 32.1. The summed E-state index contributed by atoms with van der Waals surface area (Å²) in [5.74, 6) is 0.772. The zero-order valence-corrected chi connectivity index (χ0v) is 10.1. The molecule has 84 valence electrons. The van der Waals surface area contributed by atoms with Crippen LogP contribution in [0.3, 0.4) is 0 Å². The fourth-order valence-corrected chi connectivity index (χ4v) is 2.92. The summed E-state index contributed by atoms with van der Waals surface area (Å²) in [6.45, 7) is 1.52. The Morgan fingerprint density at radius 3 is 2.94 bits per heavy atom. The topological polar surface area (TPSA) is 33.2 Å². The number of pyridine rings is 1. The molecule has 0 saturated carbocycles. The van der Waals surface area contributed by atoms with Crippen molar-refractivity contribution >= 4 is 38.7 Å². The molecular weight excluding hydrogens is 232 g/mol. The average molecular weight is 243 g/mol. The standard InChI is InChI=1S/C13H10N2OS/c1-9(16)14-12-8-17-13-11-5-3-2-4-10(11)6-7-15(12)13/h2-8H,1H3/p+1. The zero-order chi connectivity index (χ0) is 11.8. The molecule has 1 N–H and O–H groups in total. The fourth-order valence-electron chi connectivity index (χ4n) is 1.94. The predicted molar refractivity (Wildman–Crippen MR) is 69.3 cm³/mol. The van der Waals surface area contributed by atoms with Crippen LogP contribution in [-0.4, -0.2) is 5.91 Å². The van der Waals surface area contributed by atoms with Crippen LogP contribution in [0.1, 0.15) is 6.92 Å². The Labute approximate surface area is 102 Å². The Kier molecular flexibility index (Phi) is 2.30. The molecule has 4 heteroatoms. The van der Waals surface area contributed by atoms with Gasteiger partial charge in [0.05, 0.1) is 11.6 Å². The molecule has 1 amide bonds. The van der Waals surface area contributed by atoms with Crippen LogP contribution < -0.4 is 9.72 Å².